The molecule has 0 bridgehead atoms. The fraction of sp³-hybridized carbons (Fsp3) is 0.476. The summed E-state index contributed by atoms with van der Waals surface area (Å²) < 4.78 is 20.6. The number of amides is 3. The van der Waals surface area contributed by atoms with Crippen molar-refractivity contribution in [3.05, 3.63) is 46.0 Å². The van der Waals surface area contributed by atoms with Crippen LogP contribution in [-0.4, -0.2) is 64.6 Å². The van der Waals surface area contributed by atoms with Crippen molar-refractivity contribution >= 4 is 29.2 Å². The van der Waals surface area contributed by atoms with Crippen molar-refractivity contribution in [2.75, 3.05) is 32.1 Å². The van der Waals surface area contributed by atoms with Gasteiger partial charge in [-0.2, -0.15) is 5.10 Å². The molecular weight excluding hydrogens is 441 g/mol. The van der Waals surface area contributed by atoms with Crippen LogP contribution in [0, 0.1) is 5.82 Å². The van der Waals surface area contributed by atoms with E-state index in [1.165, 1.54) is 23.3 Å². The fourth-order valence-electron chi connectivity index (χ4n) is 3.84. The minimum absolute atomic E-state index is 0.0724. The summed E-state index contributed by atoms with van der Waals surface area (Å²) in [5.41, 5.74) is 2.31. The monoisotopic (exact) mass is 465 g/mol. The second-order valence-electron chi connectivity index (χ2n) is 7.79. The van der Waals surface area contributed by atoms with Gasteiger partial charge in [0.1, 0.15) is 17.6 Å². The number of carbonyl (C=O) groups is 2. The molecule has 3 amide bonds. The van der Waals surface area contributed by atoms with Crippen LogP contribution in [0.4, 0.5) is 14.9 Å². The lowest BCUT2D eigenvalue weighted by Crippen LogP contribution is -2.39. The summed E-state index contributed by atoms with van der Waals surface area (Å²) in [7, 11) is 1.57. The Kier molecular flexibility index (Phi) is 6.63. The van der Waals surface area contributed by atoms with Crippen molar-refractivity contribution in [2.45, 2.75) is 39.0 Å². The van der Waals surface area contributed by atoms with Gasteiger partial charge in [0.2, 0.25) is 0 Å². The van der Waals surface area contributed by atoms with Crippen LogP contribution in [0.25, 0.3) is 0 Å². The van der Waals surface area contributed by atoms with Crippen LogP contribution in [0.5, 0.6) is 0 Å². The molecule has 11 heteroatoms. The van der Waals surface area contributed by atoms with E-state index in [0.29, 0.717) is 49.7 Å². The van der Waals surface area contributed by atoms with Crippen molar-refractivity contribution in [1.29, 1.82) is 0 Å². The molecule has 1 unspecified atom stereocenters. The lowest BCUT2D eigenvalue weighted by molar-refractivity contribution is -0.166. The van der Waals surface area contributed by atoms with Gasteiger partial charge in [0.25, 0.3) is 5.91 Å². The predicted molar refractivity (Wildman–Crippen MR) is 115 cm³/mol. The number of nitrogens with zero attached hydrogens (tertiary/aromatic N) is 4. The van der Waals surface area contributed by atoms with Crippen LogP contribution in [0.1, 0.15) is 35.1 Å². The van der Waals surface area contributed by atoms with Crippen molar-refractivity contribution < 1.29 is 23.6 Å². The van der Waals surface area contributed by atoms with Gasteiger partial charge in [-0.05, 0) is 24.6 Å². The Hall–Kier alpha value is -2.69. The summed E-state index contributed by atoms with van der Waals surface area (Å²) in [4.78, 5) is 33.1. The summed E-state index contributed by atoms with van der Waals surface area (Å²) >= 11 is 5.80. The van der Waals surface area contributed by atoms with Gasteiger partial charge in [-0.25, -0.2) is 14.2 Å². The molecule has 0 saturated carbocycles. The minimum Gasteiger partial charge on any atom is -0.379 e. The topological polar surface area (TPSA) is 88.9 Å². The SMILES string of the molecule is CCCOCC1Cn2nc3c(c2C(=O)N(C)O1)CN(C(=O)Nc1ccc(F)c(Cl)c1)CC3. The number of halogens is 2. The van der Waals surface area contributed by atoms with E-state index >= 15 is 0 Å². The molecule has 1 N–H and O–H groups in total. The number of rotatable bonds is 5. The Labute approximate surface area is 190 Å². The van der Waals surface area contributed by atoms with Crippen LogP contribution in [0.15, 0.2) is 18.2 Å². The van der Waals surface area contributed by atoms with Gasteiger partial charge in [-0.1, -0.05) is 18.5 Å². The average molecular weight is 466 g/mol. The number of anilines is 1. The van der Waals surface area contributed by atoms with E-state index in [4.69, 9.17) is 21.2 Å². The standard InChI is InChI=1S/C21H25ClFN5O4/c1-3-8-31-12-14-10-28-19(20(29)26(2)32-14)15-11-27(7-6-18(15)25-28)21(30)24-13-4-5-17(23)16(22)9-13/h4-5,9,14H,3,6-8,10-12H2,1-2H3,(H,24,30). The second kappa shape index (κ2) is 9.43. The molecule has 9 nitrogen and oxygen atoms in total. The molecule has 2 aliphatic rings. The molecule has 3 heterocycles. The Morgan fingerprint density at radius 2 is 2.25 bits per heavy atom. The number of hydroxylamine groups is 2. The van der Waals surface area contributed by atoms with Gasteiger partial charge < -0.3 is 15.0 Å². The molecule has 172 valence electrons. The van der Waals surface area contributed by atoms with Crippen LogP contribution >= 0.6 is 11.6 Å². The number of aromatic nitrogens is 2. The Bertz CT molecular complexity index is 1030. The normalized spacial score (nSPS) is 18.2. The molecule has 1 aromatic heterocycles. The summed E-state index contributed by atoms with van der Waals surface area (Å²) in [6.07, 6.45) is 1.06. The highest BCUT2D eigenvalue weighted by molar-refractivity contribution is 6.31. The smallest absolute Gasteiger partial charge is 0.322 e. The molecule has 1 aromatic carbocycles. The Morgan fingerprint density at radius 3 is 3.00 bits per heavy atom. The van der Waals surface area contributed by atoms with Crippen LogP contribution in [0.3, 0.4) is 0 Å². The highest BCUT2D eigenvalue weighted by Gasteiger charge is 2.35. The molecular formula is C21H25ClFN5O4. The number of nitrogens with one attached hydrogen (secondary N) is 1. The first-order chi connectivity index (χ1) is 15.4. The van der Waals surface area contributed by atoms with Gasteiger partial charge >= 0.3 is 6.03 Å². The van der Waals surface area contributed by atoms with Crippen LogP contribution < -0.4 is 5.32 Å². The minimum atomic E-state index is -0.557. The zero-order valence-corrected chi connectivity index (χ0v) is 18.7. The molecule has 0 spiro atoms. The third-order valence-electron chi connectivity index (χ3n) is 5.38. The van der Waals surface area contributed by atoms with Crippen LogP contribution in [0.2, 0.25) is 5.02 Å². The Balaban J connectivity index is 1.52. The lowest BCUT2D eigenvalue weighted by Gasteiger charge is -2.27. The Morgan fingerprint density at radius 1 is 1.44 bits per heavy atom. The molecule has 0 radical (unpaired) electrons. The van der Waals surface area contributed by atoms with Crippen molar-refractivity contribution in [3.63, 3.8) is 0 Å². The number of fused-ring (bicyclic) bond motifs is 3. The van der Waals surface area contributed by atoms with E-state index in [9.17, 15) is 14.0 Å². The fourth-order valence-corrected chi connectivity index (χ4v) is 4.02. The largest absolute Gasteiger partial charge is 0.379 e. The third-order valence-corrected chi connectivity index (χ3v) is 5.67. The quantitative estimate of drug-likeness (QED) is 0.685. The van der Waals surface area contributed by atoms with Crippen molar-refractivity contribution in [1.82, 2.24) is 19.7 Å². The van der Waals surface area contributed by atoms with Crippen molar-refractivity contribution in [3.8, 4) is 0 Å². The molecule has 0 fully saturated rings. The average Bonchev–Trinajstić information content (AvgIpc) is 3.07. The maximum atomic E-state index is 13.4. The number of urea groups is 1. The first-order valence-electron chi connectivity index (χ1n) is 10.5. The highest BCUT2D eigenvalue weighted by Crippen LogP contribution is 2.27. The third kappa shape index (κ3) is 4.57. The first kappa shape index (κ1) is 22.5. The van der Waals surface area contributed by atoms with E-state index in [1.807, 2.05) is 6.92 Å². The number of hydrogen-bond donors (Lipinski definition) is 1. The zero-order chi connectivity index (χ0) is 22.8. The number of benzene rings is 1. The lowest BCUT2D eigenvalue weighted by atomic mass is 10.1. The van der Waals surface area contributed by atoms with Gasteiger partial charge in [-0.3, -0.25) is 14.3 Å². The molecule has 32 heavy (non-hydrogen) atoms. The molecule has 2 aromatic rings. The van der Waals surface area contributed by atoms with E-state index in [-0.39, 0.29) is 29.6 Å². The summed E-state index contributed by atoms with van der Waals surface area (Å²) in [6, 6.07) is 3.62. The maximum Gasteiger partial charge on any atom is 0.322 e. The van der Waals surface area contributed by atoms with E-state index < -0.39 is 5.82 Å². The summed E-state index contributed by atoms with van der Waals surface area (Å²) in [5.74, 6) is -0.873. The molecule has 2 aliphatic heterocycles. The summed E-state index contributed by atoms with van der Waals surface area (Å²) in [6.45, 7) is 4.03. The first-order valence-corrected chi connectivity index (χ1v) is 10.9. The maximum absolute atomic E-state index is 13.4. The molecule has 0 aliphatic carbocycles. The van der Waals surface area contributed by atoms with Gasteiger partial charge in [0.15, 0.2) is 0 Å². The predicted octanol–water partition coefficient (Wildman–Crippen LogP) is 3.08. The van der Waals surface area contributed by atoms with E-state index in [2.05, 4.69) is 10.4 Å². The van der Waals surface area contributed by atoms with Crippen LogP contribution in [-0.2, 0) is 29.1 Å². The molecule has 1 atom stereocenters. The number of ether oxygens (including phenoxy) is 1. The van der Waals surface area contributed by atoms with Gasteiger partial charge in [-0.15, -0.1) is 0 Å². The summed E-state index contributed by atoms with van der Waals surface area (Å²) in [5, 5.41) is 8.49. The van der Waals surface area contributed by atoms with Crippen molar-refractivity contribution in [2.24, 2.45) is 0 Å². The zero-order valence-electron chi connectivity index (χ0n) is 17.9. The second-order valence-corrected chi connectivity index (χ2v) is 8.20. The van der Waals surface area contributed by atoms with E-state index in [1.54, 1.807) is 16.6 Å². The number of hydrogen-bond acceptors (Lipinski definition) is 5. The number of carbonyl (C=O) groups excluding carboxylic acids is 2. The molecule has 4 rings (SSSR count). The van der Waals surface area contributed by atoms with E-state index in [0.717, 1.165) is 12.1 Å². The highest BCUT2D eigenvalue weighted by atomic mass is 35.5. The van der Waals surface area contributed by atoms with Gasteiger partial charge in [0, 0.05) is 37.9 Å². The molecule has 0 saturated heterocycles. The van der Waals surface area contributed by atoms with Gasteiger partial charge in [0.05, 0.1) is 30.4 Å².